The predicted octanol–water partition coefficient (Wildman–Crippen LogP) is 5.89. The summed E-state index contributed by atoms with van der Waals surface area (Å²) in [6, 6.07) is 14.1. The molecule has 1 unspecified atom stereocenters. The molecule has 4 atom stereocenters. The van der Waals surface area contributed by atoms with E-state index in [1.165, 1.54) is 5.56 Å². The maximum atomic E-state index is 13.9. The zero-order valence-electron chi connectivity index (χ0n) is 16.8. The molecule has 1 amide bonds. The minimum Gasteiger partial charge on any atom is -0.325 e. The van der Waals surface area contributed by atoms with Crippen LogP contribution < -0.4 is 10.6 Å². The first kappa shape index (κ1) is 19.9. The molecule has 0 aromatic heterocycles. The van der Waals surface area contributed by atoms with Crippen molar-refractivity contribution in [3.8, 4) is 0 Å². The first-order valence-corrected chi connectivity index (χ1v) is 11.2. The van der Waals surface area contributed by atoms with Crippen molar-refractivity contribution >= 4 is 34.8 Å². The molecule has 3 aliphatic rings. The van der Waals surface area contributed by atoms with Gasteiger partial charge in [-0.25, -0.2) is 0 Å². The molecular weight excluding hydrogens is 415 g/mol. The Hall–Kier alpha value is -2.07. The van der Waals surface area contributed by atoms with Gasteiger partial charge in [0.25, 0.3) is 0 Å². The third-order valence-corrected chi connectivity index (χ3v) is 7.33. The summed E-state index contributed by atoms with van der Waals surface area (Å²) in [4.78, 5) is 13.9. The highest BCUT2D eigenvalue weighted by atomic mass is 35.5. The number of hydrogen-bond donors (Lipinski definition) is 2. The summed E-state index contributed by atoms with van der Waals surface area (Å²) in [5, 5.41) is 8.23. The molecule has 2 aliphatic heterocycles. The van der Waals surface area contributed by atoms with Crippen LogP contribution in [0.3, 0.4) is 0 Å². The molecule has 0 radical (unpaired) electrons. The van der Waals surface area contributed by atoms with Gasteiger partial charge in [0, 0.05) is 15.7 Å². The monoisotopic (exact) mass is 438 g/mol. The number of piperidine rings is 1. The molecule has 0 saturated carbocycles. The number of fused-ring (bicyclic) bond motifs is 2. The Balaban J connectivity index is 1.73. The Morgan fingerprint density at radius 2 is 2.00 bits per heavy atom. The van der Waals surface area contributed by atoms with Gasteiger partial charge in [-0.1, -0.05) is 71.2 Å². The van der Waals surface area contributed by atoms with Crippen LogP contribution in [0.1, 0.15) is 35.6 Å². The highest BCUT2D eigenvalue weighted by Crippen LogP contribution is 2.57. The van der Waals surface area contributed by atoms with Crippen LogP contribution in [0.15, 0.2) is 65.7 Å². The molecule has 2 N–H and O–H groups in total. The molecule has 1 fully saturated rings. The van der Waals surface area contributed by atoms with Crippen LogP contribution in [-0.4, -0.2) is 12.5 Å². The van der Waals surface area contributed by atoms with Gasteiger partial charge in [-0.2, -0.15) is 0 Å². The topological polar surface area (TPSA) is 41.1 Å². The van der Waals surface area contributed by atoms with Crippen molar-refractivity contribution in [2.45, 2.75) is 31.2 Å². The van der Waals surface area contributed by atoms with E-state index in [1.54, 1.807) is 0 Å². The van der Waals surface area contributed by atoms with E-state index >= 15 is 0 Å². The quantitative estimate of drug-likeness (QED) is 0.613. The number of allylic oxidation sites excluding steroid dienone is 4. The average Bonchev–Trinajstić information content (AvgIpc) is 2.99. The second kappa shape index (κ2) is 7.56. The SMILES string of the molecule is Cc1cccc([C@@H]2NCC[C@@H](C3C=C(Cl)C=CC3)[C@]23C(=O)Nc2cc(Cl)ccc23)c1. The fraction of sp³-hybridized carbons (Fsp3) is 0.320. The Morgan fingerprint density at radius 3 is 2.80 bits per heavy atom. The van der Waals surface area contributed by atoms with E-state index in [0.29, 0.717) is 5.02 Å². The van der Waals surface area contributed by atoms with Gasteiger partial charge in [0.1, 0.15) is 0 Å². The standard InChI is InChI=1S/C25H24Cl2N2O/c1-15-4-2-6-17(12-15)23-25(21-9-8-19(27)14-22(21)29-24(25)30)20(10-11-28-23)16-5-3-7-18(26)13-16/h2-4,6-9,12-14,16,20,23,28H,5,10-11H2,1H3,(H,29,30)/t16?,20-,23-,25+/m0/s1. The highest BCUT2D eigenvalue weighted by molar-refractivity contribution is 6.31. The van der Waals surface area contributed by atoms with Gasteiger partial charge in [-0.15, -0.1) is 0 Å². The second-order valence-corrected chi connectivity index (χ2v) is 9.44. The third-order valence-electron chi connectivity index (χ3n) is 6.85. The number of nitrogens with one attached hydrogen (secondary N) is 2. The molecule has 1 spiro atoms. The number of anilines is 1. The van der Waals surface area contributed by atoms with Crippen molar-refractivity contribution in [2.75, 3.05) is 11.9 Å². The van der Waals surface area contributed by atoms with Crippen LogP contribution in [0.25, 0.3) is 0 Å². The zero-order valence-corrected chi connectivity index (χ0v) is 18.3. The maximum absolute atomic E-state index is 13.9. The Labute approximate surface area is 187 Å². The number of halogens is 2. The fourth-order valence-corrected chi connectivity index (χ4v) is 6.12. The van der Waals surface area contributed by atoms with E-state index in [4.69, 9.17) is 23.2 Å². The molecule has 2 aromatic rings. The number of amides is 1. The van der Waals surface area contributed by atoms with Gasteiger partial charge in [-0.05, 0) is 67.5 Å². The van der Waals surface area contributed by atoms with Gasteiger partial charge < -0.3 is 10.6 Å². The molecule has 5 heteroatoms. The number of benzene rings is 2. The Bertz CT molecular complexity index is 1080. The smallest absolute Gasteiger partial charge is 0.237 e. The maximum Gasteiger partial charge on any atom is 0.237 e. The van der Waals surface area contributed by atoms with Crippen molar-refractivity contribution in [2.24, 2.45) is 11.8 Å². The minimum atomic E-state index is -0.727. The normalized spacial score (nSPS) is 30.2. The van der Waals surface area contributed by atoms with E-state index in [1.807, 2.05) is 24.3 Å². The van der Waals surface area contributed by atoms with Gasteiger partial charge in [-0.3, -0.25) is 4.79 Å². The van der Waals surface area contributed by atoms with Crippen molar-refractivity contribution in [1.29, 1.82) is 0 Å². The fourth-order valence-electron chi connectivity index (χ4n) is 5.70. The molecule has 0 bridgehead atoms. The second-order valence-electron chi connectivity index (χ2n) is 8.56. The molecule has 30 heavy (non-hydrogen) atoms. The van der Waals surface area contributed by atoms with Crippen molar-refractivity contribution in [3.63, 3.8) is 0 Å². The Morgan fingerprint density at radius 1 is 1.13 bits per heavy atom. The summed E-state index contributed by atoms with van der Waals surface area (Å²) in [6.45, 7) is 2.94. The minimum absolute atomic E-state index is 0.0440. The number of rotatable bonds is 2. The first-order valence-electron chi connectivity index (χ1n) is 10.5. The number of carbonyl (C=O) groups excluding carboxylic acids is 1. The van der Waals surface area contributed by atoms with E-state index in [9.17, 15) is 4.79 Å². The lowest BCUT2D eigenvalue weighted by Crippen LogP contribution is -2.57. The first-order chi connectivity index (χ1) is 14.5. The molecule has 1 saturated heterocycles. The Kier molecular flexibility index (Phi) is 5.01. The van der Waals surface area contributed by atoms with Gasteiger partial charge in [0.05, 0.1) is 11.5 Å². The number of hydrogen-bond acceptors (Lipinski definition) is 2. The molecule has 1 aliphatic carbocycles. The molecule has 2 aromatic carbocycles. The summed E-state index contributed by atoms with van der Waals surface area (Å²) in [5.74, 6) is 0.359. The molecular formula is C25H24Cl2N2O. The van der Waals surface area contributed by atoms with Crippen LogP contribution in [0.4, 0.5) is 5.69 Å². The lowest BCUT2D eigenvalue weighted by Gasteiger charge is -2.49. The summed E-state index contributed by atoms with van der Waals surface area (Å²) in [5.41, 5.74) is 3.44. The molecule has 5 rings (SSSR count). The average molecular weight is 439 g/mol. The summed E-state index contributed by atoms with van der Waals surface area (Å²) in [6.07, 6.45) is 8.00. The third kappa shape index (κ3) is 3.03. The van der Waals surface area contributed by atoms with Crippen LogP contribution in [0.2, 0.25) is 5.02 Å². The van der Waals surface area contributed by atoms with E-state index in [-0.39, 0.29) is 23.8 Å². The lowest BCUT2D eigenvalue weighted by molar-refractivity contribution is -0.126. The highest BCUT2D eigenvalue weighted by Gasteiger charge is 2.60. The van der Waals surface area contributed by atoms with Gasteiger partial charge in [0.15, 0.2) is 0 Å². The van der Waals surface area contributed by atoms with E-state index < -0.39 is 5.41 Å². The van der Waals surface area contributed by atoms with Crippen LogP contribution in [0, 0.1) is 18.8 Å². The van der Waals surface area contributed by atoms with Crippen LogP contribution in [-0.2, 0) is 10.2 Å². The largest absolute Gasteiger partial charge is 0.325 e. The van der Waals surface area contributed by atoms with Crippen molar-refractivity contribution in [3.05, 3.63) is 87.4 Å². The summed E-state index contributed by atoms with van der Waals surface area (Å²) >= 11 is 12.7. The van der Waals surface area contributed by atoms with E-state index in [2.05, 4.69) is 54.0 Å². The number of carbonyl (C=O) groups is 1. The summed E-state index contributed by atoms with van der Waals surface area (Å²) in [7, 11) is 0. The lowest BCUT2D eigenvalue weighted by atomic mass is 9.57. The van der Waals surface area contributed by atoms with E-state index in [0.717, 1.165) is 41.2 Å². The predicted molar refractivity (Wildman–Crippen MR) is 123 cm³/mol. The molecule has 154 valence electrons. The molecule has 3 nitrogen and oxygen atoms in total. The van der Waals surface area contributed by atoms with Gasteiger partial charge >= 0.3 is 0 Å². The van der Waals surface area contributed by atoms with Crippen molar-refractivity contribution in [1.82, 2.24) is 5.32 Å². The van der Waals surface area contributed by atoms with Gasteiger partial charge in [0.2, 0.25) is 5.91 Å². The molecule has 2 heterocycles. The number of aryl methyl sites for hydroxylation is 1. The van der Waals surface area contributed by atoms with Crippen molar-refractivity contribution < 1.29 is 4.79 Å². The zero-order chi connectivity index (χ0) is 20.9. The summed E-state index contributed by atoms with van der Waals surface area (Å²) < 4.78 is 0. The van der Waals surface area contributed by atoms with Crippen LogP contribution >= 0.6 is 23.2 Å². The van der Waals surface area contributed by atoms with Crippen LogP contribution in [0.5, 0.6) is 0 Å².